The summed E-state index contributed by atoms with van der Waals surface area (Å²) in [6.07, 6.45) is 0. The molecule has 1 aromatic heterocycles. The van der Waals surface area contributed by atoms with E-state index in [-0.39, 0.29) is 12.4 Å². The van der Waals surface area contributed by atoms with Gasteiger partial charge in [-0.2, -0.15) is 0 Å². The predicted octanol–water partition coefficient (Wildman–Crippen LogP) is 2.98. The average Bonchev–Trinajstić information content (AvgIpc) is 2.40. The van der Waals surface area contributed by atoms with E-state index in [1.807, 2.05) is 23.1 Å². The predicted molar refractivity (Wildman–Crippen MR) is 76.5 cm³/mol. The minimum Gasteiger partial charge on any atom is -0.395 e. The molecule has 2 rings (SSSR count). The van der Waals surface area contributed by atoms with Crippen LogP contribution in [0, 0.1) is 5.82 Å². The summed E-state index contributed by atoms with van der Waals surface area (Å²) in [5, 5.41) is 9.14. The van der Waals surface area contributed by atoms with E-state index in [1.165, 1.54) is 6.07 Å². The van der Waals surface area contributed by atoms with E-state index in [0.717, 1.165) is 0 Å². The Bertz CT molecular complexity index is 550. The number of pyridine rings is 1. The van der Waals surface area contributed by atoms with E-state index in [1.54, 1.807) is 18.2 Å². The molecule has 1 heterocycles. The van der Waals surface area contributed by atoms with Crippen LogP contribution in [0.1, 0.15) is 5.56 Å². The molecule has 0 saturated heterocycles. The first-order valence-electron chi connectivity index (χ1n) is 5.92. The molecule has 100 valence electrons. The van der Waals surface area contributed by atoms with Gasteiger partial charge < -0.3 is 10.0 Å². The zero-order valence-electron chi connectivity index (χ0n) is 10.3. The minimum absolute atomic E-state index is 0.0113. The molecular weight excluding hydrogens is 311 g/mol. The standard InChI is InChI=1S/C14H14BrFN2O/c15-13-6-3-7-14(17-13)18(8-9-19)10-11-4-1-2-5-12(11)16/h1-7,19H,8-10H2. The molecule has 0 aliphatic heterocycles. The highest BCUT2D eigenvalue weighted by Crippen LogP contribution is 2.18. The quantitative estimate of drug-likeness (QED) is 0.859. The summed E-state index contributed by atoms with van der Waals surface area (Å²) in [5.74, 6) is 0.451. The zero-order valence-corrected chi connectivity index (χ0v) is 11.8. The molecule has 0 amide bonds. The Morgan fingerprint density at radius 3 is 2.63 bits per heavy atom. The van der Waals surface area contributed by atoms with Crippen LogP contribution in [0.2, 0.25) is 0 Å². The number of aromatic nitrogens is 1. The van der Waals surface area contributed by atoms with Gasteiger partial charge in [-0.1, -0.05) is 24.3 Å². The molecule has 0 fully saturated rings. The Balaban J connectivity index is 2.24. The molecular formula is C14H14BrFN2O. The van der Waals surface area contributed by atoms with Crippen LogP contribution >= 0.6 is 15.9 Å². The summed E-state index contributed by atoms with van der Waals surface area (Å²) in [7, 11) is 0. The number of aliphatic hydroxyl groups excluding tert-OH is 1. The summed E-state index contributed by atoms with van der Waals surface area (Å²) >= 11 is 3.31. The van der Waals surface area contributed by atoms with Gasteiger partial charge in [0.1, 0.15) is 16.2 Å². The number of benzene rings is 1. The van der Waals surface area contributed by atoms with Crippen LogP contribution in [-0.4, -0.2) is 23.2 Å². The van der Waals surface area contributed by atoms with E-state index in [0.29, 0.717) is 29.1 Å². The van der Waals surface area contributed by atoms with Crippen molar-refractivity contribution in [2.45, 2.75) is 6.54 Å². The molecule has 0 aliphatic carbocycles. The third-order valence-electron chi connectivity index (χ3n) is 2.71. The summed E-state index contributed by atoms with van der Waals surface area (Å²) in [6.45, 7) is 0.761. The van der Waals surface area contributed by atoms with Gasteiger partial charge in [-0.05, 0) is 34.1 Å². The molecule has 1 N–H and O–H groups in total. The van der Waals surface area contributed by atoms with E-state index >= 15 is 0 Å². The van der Waals surface area contributed by atoms with Gasteiger partial charge >= 0.3 is 0 Å². The third kappa shape index (κ3) is 3.75. The molecule has 0 saturated carbocycles. The van der Waals surface area contributed by atoms with E-state index in [2.05, 4.69) is 20.9 Å². The molecule has 0 bridgehead atoms. The highest BCUT2D eigenvalue weighted by atomic mass is 79.9. The highest BCUT2D eigenvalue weighted by Gasteiger charge is 2.11. The molecule has 0 spiro atoms. The zero-order chi connectivity index (χ0) is 13.7. The molecule has 0 aliphatic rings. The van der Waals surface area contributed by atoms with Crippen LogP contribution in [0.15, 0.2) is 47.1 Å². The second-order valence-corrected chi connectivity index (χ2v) is 4.87. The second kappa shape index (κ2) is 6.63. The SMILES string of the molecule is OCCN(Cc1ccccc1F)c1cccc(Br)n1. The fourth-order valence-electron chi connectivity index (χ4n) is 1.80. The number of aliphatic hydroxyl groups is 1. The fraction of sp³-hybridized carbons (Fsp3) is 0.214. The monoisotopic (exact) mass is 324 g/mol. The number of anilines is 1. The van der Waals surface area contributed by atoms with Crippen LogP contribution in [0.25, 0.3) is 0 Å². The lowest BCUT2D eigenvalue weighted by molar-refractivity contribution is 0.301. The molecule has 0 atom stereocenters. The van der Waals surface area contributed by atoms with Gasteiger partial charge in [-0.25, -0.2) is 9.37 Å². The first kappa shape index (κ1) is 14.0. The first-order valence-corrected chi connectivity index (χ1v) is 6.72. The van der Waals surface area contributed by atoms with Crippen molar-refractivity contribution in [2.24, 2.45) is 0 Å². The molecule has 0 unspecified atom stereocenters. The minimum atomic E-state index is -0.250. The average molecular weight is 325 g/mol. The first-order chi connectivity index (χ1) is 9.20. The van der Waals surface area contributed by atoms with Gasteiger partial charge in [0, 0.05) is 18.7 Å². The fourth-order valence-corrected chi connectivity index (χ4v) is 2.14. The van der Waals surface area contributed by atoms with Gasteiger partial charge in [0.15, 0.2) is 0 Å². The van der Waals surface area contributed by atoms with Crippen molar-refractivity contribution in [1.82, 2.24) is 4.98 Å². The molecule has 2 aromatic rings. The Morgan fingerprint density at radius 2 is 1.95 bits per heavy atom. The number of hydrogen-bond acceptors (Lipinski definition) is 3. The van der Waals surface area contributed by atoms with Crippen molar-refractivity contribution >= 4 is 21.7 Å². The lowest BCUT2D eigenvalue weighted by Gasteiger charge is -2.23. The van der Waals surface area contributed by atoms with Crippen LogP contribution in [0.4, 0.5) is 10.2 Å². The Morgan fingerprint density at radius 1 is 1.16 bits per heavy atom. The molecule has 5 heteroatoms. The van der Waals surface area contributed by atoms with Crippen molar-refractivity contribution in [1.29, 1.82) is 0 Å². The largest absolute Gasteiger partial charge is 0.395 e. The van der Waals surface area contributed by atoms with Crippen LogP contribution < -0.4 is 4.90 Å². The maximum Gasteiger partial charge on any atom is 0.130 e. The number of rotatable bonds is 5. The van der Waals surface area contributed by atoms with Crippen LogP contribution in [-0.2, 0) is 6.54 Å². The Kier molecular flexibility index (Phi) is 4.87. The molecule has 19 heavy (non-hydrogen) atoms. The van der Waals surface area contributed by atoms with Gasteiger partial charge in [0.2, 0.25) is 0 Å². The lowest BCUT2D eigenvalue weighted by atomic mass is 10.2. The number of nitrogens with zero attached hydrogens (tertiary/aromatic N) is 2. The molecule has 3 nitrogen and oxygen atoms in total. The maximum atomic E-state index is 13.7. The molecule has 1 aromatic carbocycles. The molecule has 0 radical (unpaired) electrons. The maximum absolute atomic E-state index is 13.7. The summed E-state index contributed by atoms with van der Waals surface area (Å²) in [5.41, 5.74) is 0.581. The van der Waals surface area contributed by atoms with Crippen molar-refractivity contribution in [2.75, 3.05) is 18.1 Å². The van der Waals surface area contributed by atoms with Gasteiger partial charge in [0.05, 0.1) is 6.61 Å². The van der Waals surface area contributed by atoms with E-state index in [9.17, 15) is 4.39 Å². The van der Waals surface area contributed by atoms with Gasteiger partial charge in [-0.3, -0.25) is 0 Å². The normalized spacial score (nSPS) is 10.5. The summed E-state index contributed by atoms with van der Waals surface area (Å²) in [6, 6.07) is 12.1. The Hall–Kier alpha value is -1.46. The summed E-state index contributed by atoms with van der Waals surface area (Å²) in [4.78, 5) is 6.16. The lowest BCUT2D eigenvalue weighted by Crippen LogP contribution is -2.27. The van der Waals surface area contributed by atoms with Crippen LogP contribution in [0.3, 0.4) is 0 Å². The summed E-state index contributed by atoms with van der Waals surface area (Å²) < 4.78 is 14.4. The van der Waals surface area contributed by atoms with E-state index in [4.69, 9.17) is 5.11 Å². The topological polar surface area (TPSA) is 36.4 Å². The third-order valence-corrected chi connectivity index (χ3v) is 3.16. The highest BCUT2D eigenvalue weighted by molar-refractivity contribution is 9.10. The van der Waals surface area contributed by atoms with Gasteiger partial charge in [0.25, 0.3) is 0 Å². The number of hydrogen-bond donors (Lipinski definition) is 1. The van der Waals surface area contributed by atoms with Crippen molar-refractivity contribution in [3.63, 3.8) is 0 Å². The van der Waals surface area contributed by atoms with Crippen LogP contribution in [0.5, 0.6) is 0 Å². The van der Waals surface area contributed by atoms with Gasteiger partial charge in [-0.15, -0.1) is 0 Å². The van der Waals surface area contributed by atoms with Crippen molar-refractivity contribution in [3.05, 3.63) is 58.4 Å². The van der Waals surface area contributed by atoms with E-state index < -0.39 is 0 Å². The number of halogens is 2. The Labute approximate surface area is 119 Å². The van der Waals surface area contributed by atoms with Crippen molar-refractivity contribution in [3.8, 4) is 0 Å². The smallest absolute Gasteiger partial charge is 0.130 e. The van der Waals surface area contributed by atoms with Crippen molar-refractivity contribution < 1.29 is 9.50 Å². The second-order valence-electron chi connectivity index (χ2n) is 4.06.